The van der Waals surface area contributed by atoms with Crippen molar-refractivity contribution in [3.8, 4) is 0 Å². The van der Waals surface area contributed by atoms with Crippen molar-refractivity contribution >= 4 is 11.8 Å². The van der Waals surface area contributed by atoms with Crippen LogP contribution in [0.3, 0.4) is 0 Å². The van der Waals surface area contributed by atoms with E-state index in [9.17, 15) is 9.59 Å². The van der Waals surface area contributed by atoms with Gasteiger partial charge in [0.1, 0.15) is 0 Å². The van der Waals surface area contributed by atoms with Crippen molar-refractivity contribution in [3.05, 3.63) is 34.4 Å². The number of hydrogen-bond acceptors (Lipinski definition) is 3. The van der Waals surface area contributed by atoms with Gasteiger partial charge in [-0.2, -0.15) is 0 Å². The Balaban J connectivity index is 0.000000847. The van der Waals surface area contributed by atoms with Crippen molar-refractivity contribution in [2.24, 2.45) is 0 Å². The third kappa shape index (κ3) is 3.38. The SMILES string of the molecule is CC.Cc1cc2c(cc1C)CN(C1CCC(=O)NC1=O)CC2. The van der Waals surface area contributed by atoms with E-state index in [0.29, 0.717) is 12.8 Å². The Bertz CT molecular complexity index is 581. The van der Waals surface area contributed by atoms with Gasteiger partial charge in [-0.1, -0.05) is 26.0 Å². The molecule has 2 amide bonds. The van der Waals surface area contributed by atoms with Gasteiger partial charge in [0, 0.05) is 19.5 Å². The Hall–Kier alpha value is -1.68. The molecule has 1 fully saturated rings. The molecule has 120 valence electrons. The summed E-state index contributed by atoms with van der Waals surface area (Å²) in [4.78, 5) is 25.4. The molecule has 3 rings (SSSR count). The number of imide groups is 1. The van der Waals surface area contributed by atoms with Crippen LogP contribution in [-0.2, 0) is 22.6 Å². The molecule has 1 saturated heterocycles. The molecule has 22 heavy (non-hydrogen) atoms. The number of rotatable bonds is 1. The predicted molar refractivity (Wildman–Crippen MR) is 87.5 cm³/mol. The first kappa shape index (κ1) is 16.7. The molecule has 2 aliphatic heterocycles. The van der Waals surface area contributed by atoms with Crippen molar-refractivity contribution < 1.29 is 9.59 Å². The summed E-state index contributed by atoms with van der Waals surface area (Å²) in [6.07, 6.45) is 2.08. The highest BCUT2D eigenvalue weighted by atomic mass is 16.2. The minimum Gasteiger partial charge on any atom is -0.295 e. The van der Waals surface area contributed by atoms with E-state index in [4.69, 9.17) is 0 Å². The van der Waals surface area contributed by atoms with Crippen molar-refractivity contribution in [2.75, 3.05) is 6.54 Å². The second-order valence-corrected chi connectivity index (χ2v) is 5.89. The highest BCUT2D eigenvalue weighted by molar-refractivity contribution is 6.00. The first-order valence-corrected chi connectivity index (χ1v) is 8.21. The van der Waals surface area contributed by atoms with E-state index in [1.807, 2.05) is 13.8 Å². The second-order valence-electron chi connectivity index (χ2n) is 5.89. The van der Waals surface area contributed by atoms with Gasteiger partial charge >= 0.3 is 0 Å². The molecule has 1 N–H and O–H groups in total. The molecule has 0 aliphatic carbocycles. The number of amides is 2. The number of benzene rings is 1. The summed E-state index contributed by atoms with van der Waals surface area (Å²) < 4.78 is 0. The van der Waals surface area contributed by atoms with Crippen LogP contribution < -0.4 is 5.32 Å². The van der Waals surface area contributed by atoms with Crippen LogP contribution in [0.5, 0.6) is 0 Å². The Morgan fingerprint density at radius 2 is 1.68 bits per heavy atom. The second kappa shape index (κ2) is 7.05. The number of aryl methyl sites for hydroxylation is 2. The minimum atomic E-state index is -0.151. The summed E-state index contributed by atoms with van der Waals surface area (Å²) in [5.41, 5.74) is 5.35. The lowest BCUT2D eigenvalue weighted by Crippen LogP contribution is -2.53. The third-order valence-corrected chi connectivity index (χ3v) is 4.51. The van der Waals surface area contributed by atoms with Gasteiger partial charge in [0.25, 0.3) is 0 Å². The third-order valence-electron chi connectivity index (χ3n) is 4.51. The lowest BCUT2D eigenvalue weighted by molar-refractivity contribution is -0.137. The Kier molecular flexibility index (Phi) is 5.35. The van der Waals surface area contributed by atoms with Crippen molar-refractivity contribution in [1.82, 2.24) is 10.2 Å². The van der Waals surface area contributed by atoms with E-state index in [0.717, 1.165) is 19.5 Å². The van der Waals surface area contributed by atoms with Gasteiger partial charge in [-0.15, -0.1) is 0 Å². The van der Waals surface area contributed by atoms with Crippen LogP contribution in [0.1, 0.15) is 48.9 Å². The topological polar surface area (TPSA) is 49.4 Å². The van der Waals surface area contributed by atoms with Crippen LogP contribution in [0.2, 0.25) is 0 Å². The van der Waals surface area contributed by atoms with Crippen LogP contribution >= 0.6 is 0 Å². The zero-order valence-electron chi connectivity index (χ0n) is 14.0. The van der Waals surface area contributed by atoms with E-state index in [1.54, 1.807) is 0 Å². The standard InChI is InChI=1S/C16H20N2O2.C2H6/c1-10-7-12-5-6-18(9-13(12)8-11(10)2)14-3-4-15(19)17-16(14)20;1-2/h7-8,14H,3-6,9H2,1-2H3,(H,17,19,20);1-2H3. The van der Waals surface area contributed by atoms with Gasteiger partial charge in [0.2, 0.25) is 11.8 Å². The summed E-state index contributed by atoms with van der Waals surface area (Å²) in [6, 6.07) is 4.36. The predicted octanol–water partition coefficient (Wildman–Crippen LogP) is 2.49. The molecule has 4 heteroatoms. The fourth-order valence-electron chi connectivity index (χ4n) is 3.17. The van der Waals surface area contributed by atoms with Gasteiger partial charge in [0.05, 0.1) is 6.04 Å². The Morgan fingerprint density at radius 1 is 1.05 bits per heavy atom. The molecule has 0 spiro atoms. The Morgan fingerprint density at radius 3 is 2.32 bits per heavy atom. The van der Waals surface area contributed by atoms with Gasteiger partial charge in [-0.25, -0.2) is 0 Å². The summed E-state index contributed by atoms with van der Waals surface area (Å²) in [5, 5.41) is 2.45. The maximum Gasteiger partial charge on any atom is 0.243 e. The van der Waals surface area contributed by atoms with Crippen molar-refractivity contribution in [3.63, 3.8) is 0 Å². The summed E-state index contributed by atoms with van der Waals surface area (Å²) in [5.74, 6) is -0.274. The number of fused-ring (bicyclic) bond motifs is 1. The smallest absolute Gasteiger partial charge is 0.243 e. The number of nitrogens with zero attached hydrogens (tertiary/aromatic N) is 1. The number of carbonyl (C=O) groups is 2. The van der Waals surface area contributed by atoms with Crippen molar-refractivity contribution in [1.29, 1.82) is 0 Å². The average Bonchev–Trinajstić information content (AvgIpc) is 2.50. The van der Waals surface area contributed by atoms with Crippen molar-refractivity contribution in [2.45, 2.75) is 59.5 Å². The quantitative estimate of drug-likeness (QED) is 0.811. The molecule has 0 radical (unpaired) electrons. The fraction of sp³-hybridized carbons (Fsp3) is 0.556. The maximum absolute atomic E-state index is 12.0. The van der Waals surface area contributed by atoms with Gasteiger partial charge in [-0.3, -0.25) is 19.8 Å². The zero-order chi connectivity index (χ0) is 16.3. The van der Waals surface area contributed by atoms with Gasteiger partial charge in [-0.05, 0) is 48.9 Å². The molecule has 0 saturated carbocycles. The van der Waals surface area contributed by atoms with E-state index in [2.05, 4.69) is 36.2 Å². The highest BCUT2D eigenvalue weighted by Gasteiger charge is 2.33. The first-order chi connectivity index (χ1) is 10.5. The largest absolute Gasteiger partial charge is 0.295 e. The molecule has 4 nitrogen and oxygen atoms in total. The van der Waals surface area contributed by atoms with Crippen LogP contribution in [0.15, 0.2) is 12.1 Å². The van der Waals surface area contributed by atoms with E-state index < -0.39 is 0 Å². The van der Waals surface area contributed by atoms with E-state index in [-0.39, 0.29) is 17.9 Å². The molecule has 2 heterocycles. The molecule has 1 aromatic carbocycles. The summed E-state index contributed by atoms with van der Waals surface area (Å²) in [6.45, 7) is 9.97. The molecule has 1 unspecified atom stereocenters. The fourth-order valence-corrected chi connectivity index (χ4v) is 3.17. The van der Waals surface area contributed by atoms with Gasteiger partial charge < -0.3 is 0 Å². The molecular formula is C18H26N2O2. The van der Waals surface area contributed by atoms with Crippen LogP contribution in [0.4, 0.5) is 0 Å². The molecule has 2 aliphatic rings. The number of hydrogen-bond donors (Lipinski definition) is 1. The molecular weight excluding hydrogens is 276 g/mol. The molecule has 1 atom stereocenters. The number of nitrogens with one attached hydrogen (secondary N) is 1. The highest BCUT2D eigenvalue weighted by Crippen LogP contribution is 2.25. The molecule has 0 bridgehead atoms. The maximum atomic E-state index is 12.0. The monoisotopic (exact) mass is 302 g/mol. The normalized spacial score (nSPS) is 21.5. The van der Waals surface area contributed by atoms with E-state index in [1.165, 1.54) is 22.3 Å². The first-order valence-electron chi connectivity index (χ1n) is 8.21. The summed E-state index contributed by atoms with van der Waals surface area (Å²) >= 11 is 0. The summed E-state index contributed by atoms with van der Waals surface area (Å²) in [7, 11) is 0. The number of carbonyl (C=O) groups excluding carboxylic acids is 2. The lowest BCUT2D eigenvalue weighted by Gasteiger charge is -2.36. The lowest BCUT2D eigenvalue weighted by atomic mass is 9.92. The van der Waals surface area contributed by atoms with Gasteiger partial charge in [0.15, 0.2) is 0 Å². The Labute approximate surface area is 132 Å². The van der Waals surface area contributed by atoms with Crippen LogP contribution in [0.25, 0.3) is 0 Å². The average molecular weight is 302 g/mol. The minimum absolute atomic E-state index is 0.131. The van der Waals surface area contributed by atoms with Crippen LogP contribution in [0, 0.1) is 13.8 Å². The number of piperidine rings is 1. The molecule has 0 aromatic heterocycles. The zero-order valence-corrected chi connectivity index (χ0v) is 14.0. The molecule has 1 aromatic rings. The van der Waals surface area contributed by atoms with E-state index >= 15 is 0 Å². The van der Waals surface area contributed by atoms with Crippen LogP contribution in [-0.4, -0.2) is 29.3 Å².